The van der Waals surface area contributed by atoms with Crippen LogP contribution < -0.4 is 5.32 Å². The standard InChI is InChI=1S/C21H25NO6/c1-14-8-9-16(20(25)27-2)17(12-14)19(24)18(23)10-11-22-21(26)28-13-15-6-4-3-5-7-15/h3-9,12,18-19,23-24H,10-11,13H2,1-2H3,(H,22,26). The highest BCUT2D eigenvalue weighted by atomic mass is 16.5. The summed E-state index contributed by atoms with van der Waals surface area (Å²) in [6, 6.07) is 14.1. The summed E-state index contributed by atoms with van der Waals surface area (Å²) in [7, 11) is 1.25. The Hall–Kier alpha value is -2.90. The van der Waals surface area contributed by atoms with Crippen molar-refractivity contribution in [2.45, 2.75) is 32.2 Å². The minimum absolute atomic E-state index is 0.0795. The minimum Gasteiger partial charge on any atom is -0.465 e. The lowest BCUT2D eigenvalue weighted by Crippen LogP contribution is -2.30. The number of ether oxygens (including phenoxy) is 2. The first-order valence-electron chi connectivity index (χ1n) is 8.92. The molecule has 0 bridgehead atoms. The van der Waals surface area contributed by atoms with Crippen LogP contribution in [0.2, 0.25) is 0 Å². The number of carbonyl (C=O) groups is 2. The van der Waals surface area contributed by atoms with E-state index in [0.717, 1.165) is 11.1 Å². The molecule has 1 amide bonds. The number of esters is 1. The van der Waals surface area contributed by atoms with Crippen LogP contribution in [-0.2, 0) is 16.1 Å². The van der Waals surface area contributed by atoms with Gasteiger partial charge in [-0.15, -0.1) is 0 Å². The molecule has 0 fully saturated rings. The van der Waals surface area contributed by atoms with E-state index in [2.05, 4.69) is 5.32 Å². The predicted octanol–water partition coefficient (Wildman–Crippen LogP) is 2.49. The molecule has 7 nitrogen and oxygen atoms in total. The maximum atomic E-state index is 11.9. The number of alkyl carbamates (subject to hydrolysis) is 1. The van der Waals surface area contributed by atoms with Gasteiger partial charge in [-0.25, -0.2) is 9.59 Å². The Kier molecular flexibility index (Phi) is 7.98. The van der Waals surface area contributed by atoms with E-state index in [0.29, 0.717) is 0 Å². The van der Waals surface area contributed by atoms with E-state index >= 15 is 0 Å². The molecule has 2 atom stereocenters. The fourth-order valence-electron chi connectivity index (χ4n) is 2.68. The Morgan fingerprint density at radius 2 is 1.82 bits per heavy atom. The topological polar surface area (TPSA) is 105 Å². The molecule has 0 aliphatic carbocycles. The van der Waals surface area contributed by atoms with Gasteiger partial charge in [-0.3, -0.25) is 0 Å². The van der Waals surface area contributed by atoms with Crippen LogP contribution in [0.3, 0.4) is 0 Å². The molecule has 7 heteroatoms. The van der Waals surface area contributed by atoms with E-state index in [1.54, 1.807) is 18.2 Å². The Morgan fingerprint density at radius 1 is 1.11 bits per heavy atom. The van der Waals surface area contributed by atoms with Crippen molar-refractivity contribution in [1.82, 2.24) is 5.32 Å². The van der Waals surface area contributed by atoms with Crippen LogP contribution in [0.4, 0.5) is 4.79 Å². The molecule has 2 aromatic rings. The maximum Gasteiger partial charge on any atom is 0.407 e. The third kappa shape index (κ3) is 6.07. The van der Waals surface area contributed by atoms with Crippen molar-refractivity contribution in [3.8, 4) is 0 Å². The second-order valence-electron chi connectivity index (χ2n) is 6.37. The molecule has 28 heavy (non-hydrogen) atoms. The quantitative estimate of drug-likeness (QED) is 0.601. The normalized spacial score (nSPS) is 12.7. The number of rotatable bonds is 8. The van der Waals surface area contributed by atoms with Gasteiger partial charge in [0.2, 0.25) is 0 Å². The zero-order chi connectivity index (χ0) is 20.5. The Bertz CT molecular complexity index is 793. The monoisotopic (exact) mass is 387 g/mol. The molecule has 0 aromatic heterocycles. The van der Waals surface area contributed by atoms with E-state index in [1.807, 2.05) is 37.3 Å². The molecule has 0 heterocycles. The number of aliphatic hydroxyl groups excluding tert-OH is 2. The highest BCUT2D eigenvalue weighted by Gasteiger charge is 2.24. The summed E-state index contributed by atoms with van der Waals surface area (Å²) in [6.45, 7) is 2.06. The van der Waals surface area contributed by atoms with Crippen LogP contribution in [0.5, 0.6) is 0 Å². The first-order valence-corrected chi connectivity index (χ1v) is 8.92. The van der Waals surface area contributed by atoms with Crippen molar-refractivity contribution in [2.75, 3.05) is 13.7 Å². The summed E-state index contributed by atoms with van der Waals surface area (Å²) < 4.78 is 9.80. The first-order chi connectivity index (χ1) is 13.4. The van der Waals surface area contributed by atoms with Crippen LogP contribution in [0, 0.1) is 6.92 Å². The maximum absolute atomic E-state index is 11.9. The van der Waals surface area contributed by atoms with Gasteiger partial charge < -0.3 is 25.0 Å². The molecule has 0 spiro atoms. The SMILES string of the molecule is COC(=O)c1ccc(C)cc1C(O)C(O)CCNC(=O)OCc1ccccc1. The summed E-state index contributed by atoms with van der Waals surface area (Å²) in [4.78, 5) is 23.6. The minimum atomic E-state index is -1.30. The molecule has 0 saturated carbocycles. The van der Waals surface area contributed by atoms with Crippen molar-refractivity contribution < 1.29 is 29.3 Å². The van der Waals surface area contributed by atoms with Gasteiger partial charge in [-0.05, 0) is 30.5 Å². The van der Waals surface area contributed by atoms with Crippen molar-refractivity contribution in [2.24, 2.45) is 0 Å². The lowest BCUT2D eigenvalue weighted by atomic mass is 9.95. The molecule has 2 aromatic carbocycles. The number of carbonyl (C=O) groups excluding carboxylic acids is 2. The first kappa shape index (κ1) is 21.4. The average molecular weight is 387 g/mol. The summed E-state index contributed by atoms with van der Waals surface area (Å²) in [5, 5.41) is 23.2. The zero-order valence-corrected chi connectivity index (χ0v) is 15.9. The van der Waals surface area contributed by atoms with Crippen LogP contribution in [0.15, 0.2) is 48.5 Å². The summed E-state index contributed by atoms with van der Waals surface area (Å²) in [5.74, 6) is -0.594. The summed E-state index contributed by atoms with van der Waals surface area (Å²) >= 11 is 0. The van der Waals surface area contributed by atoms with Gasteiger partial charge in [0.25, 0.3) is 0 Å². The molecular weight excluding hydrogens is 362 g/mol. The summed E-state index contributed by atoms with van der Waals surface area (Å²) in [5.41, 5.74) is 2.17. The second kappa shape index (κ2) is 10.4. The van der Waals surface area contributed by atoms with E-state index < -0.39 is 24.3 Å². The van der Waals surface area contributed by atoms with E-state index in [9.17, 15) is 19.8 Å². The second-order valence-corrected chi connectivity index (χ2v) is 6.37. The molecule has 0 saturated heterocycles. The van der Waals surface area contributed by atoms with Gasteiger partial charge in [-0.1, -0.05) is 48.0 Å². The molecule has 0 radical (unpaired) electrons. The van der Waals surface area contributed by atoms with Crippen molar-refractivity contribution in [3.05, 3.63) is 70.8 Å². The van der Waals surface area contributed by atoms with Gasteiger partial charge in [0.05, 0.1) is 18.8 Å². The fourth-order valence-corrected chi connectivity index (χ4v) is 2.68. The van der Waals surface area contributed by atoms with E-state index in [4.69, 9.17) is 9.47 Å². The average Bonchev–Trinajstić information content (AvgIpc) is 2.71. The van der Waals surface area contributed by atoms with E-state index in [-0.39, 0.29) is 30.7 Å². The number of hydrogen-bond donors (Lipinski definition) is 3. The highest BCUT2D eigenvalue weighted by molar-refractivity contribution is 5.91. The molecule has 3 N–H and O–H groups in total. The molecule has 150 valence electrons. The van der Waals surface area contributed by atoms with Gasteiger partial charge in [0.1, 0.15) is 12.7 Å². The van der Waals surface area contributed by atoms with Gasteiger partial charge in [0.15, 0.2) is 0 Å². The largest absolute Gasteiger partial charge is 0.465 e. The zero-order valence-electron chi connectivity index (χ0n) is 15.9. The van der Waals surface area contributed by atoms with Gasteiger partial charge >= 0.3 is 12.1 Å². The van der Waals surface area contributed by atoms with Gasteiger partial charge in [-0.2, -0.15) is 0 Å². The Morgan fingerprint density at radius 3 is 2.50 bits per heavy atom. The third-order valence-corrected chi connectivity index (χ3v) is 4.22. The van der Waals surface area contributed by atoms with Crippen molar-refractivity contribution >= 4 is 12.1 Å². The number of benzene rings is 2. The Labute approximate surface area is 163 Å². The van der Waals surface area contributed by atoms with Crippen LogP contribution in [-0.4, -0.2) is 42.0 Å². The van der Waals surface area contributed by atoms with Gasteiger partial charge in [0, 0.05) is 6.54 Å². The van der Waals surface area contributed by atoms with Crippen LogP contribution in [0.1, 0.15) is 39.6 Å². The van der Waals surface area contributed by atoms with Crippen LogP contribution in [0.25, 0.3) is 0 Å². The number of methoxy groups -OCH3 is 1. The summed E-state index contributed by atoms with van der Waals surface area (Å²) in [6.07, 6.45) is -3.01. The van der Waals surface area contributed by atoms with Crippen molar-refractivity contribution in [3.63, 3.8) is 0 Å². The Balaban J connectivity index is 1.85. The molecule has 0 aliphatic heterocycles. The molecule has 2 rings (SSSR count). The molecule has 2 unspecified atom stereocenters. The number of hydrogen-bond acceptors (Lipinski definition) is 6. The lowest BCUT2D eigenvalue weighted by molar-refractivity contribution is 0.0125. The molecule has 0 aliphatic rings. The predicted molar refractivity (Wildman–Crippen MR) is 103 cm³/mol. The highest BCUT2D eigenvalue weighted by Crippen LogP contribution is 2.24. The smallest absolute Gasteiger partial charge is 0.407 e. The lowest BCUT2D eigenvalue weighted by Gasteiger charge is -2.21. The number of aliphatic hydroxyl groups is 2. The number of nitrogens with one attached hydrogen (secondary N) is 1. The number of aryl methyl sites for hydroxylation is 1. The van der Waals surface area contributed by atoms with E-state index in [1.165, 1.54) is 7.11 Å². The molecular formula is C21H25NO6. The fraction of sp³-hybridized carbons (Fsp3) is 0.333. The third-order valence-electron chi connectivity index (χ3n) is 4.22. The number of amides is 1. The van der Waals surface area contributed by atoms with Crippen molar-refractivity contribution in [1.29, 1.82) is 0 Å². The van der Waals surface area contributed by atoms with Crippen LogP contribution >= 0.6 is 0 Å².